The first-order valence-corrected chi connectivity index (χ1v) is 47.3. The number of para-hydroxylation sites is 4. The number of aromatic hydroxyl groups is 2. The Hall–Kier alpha value is -11.8. The van der Waals surface area contributed by atoms with Gasteiger partial charge in [0, 0.05) is 57.3 Å². The number of carboxylic acids is 2. The summed E-state index contributed by atoms with van der Waals surface area (Å²) in [4.78, 5) is 82.5. The molecule has 2 amide bonds. The van der Waals surface area contributed by atoms with Crippen molar-refractivity contribution in [2.75, 3.05) is 55.7 Å². The van der Waals surface area contributed by atoms with Gasteiger partial charge in [-0.1, -0.05) is 210 Å². The number of rotatable bonds is 27. The third-order valence-corrected chi connectivity index (χ3v) is 26.4. The molecule has 34 heteroatoms. The summed E-state index contributed by atoms with van der Waals surface area (Å²) in [5, 5.41) is 91.9. The molecule has 8 aromatic carbocycles. The molecule has 0 spiro atoms. The van der Waals surface area contributed by atoms with Crippen LogP contribution < -0.4 is 78.6 Å². The Labute approximate surface area is 848 Å². The molecule has 0 bridgehead atoms. The summed E-state index contributed by atoms with van der Waals surface area (Å²) in [6.45, 7) is 41.3. The zero-order chi connectivity index (χ0) is 96.5. The van der Waals surface area contributed by atoms with E-state index in [-0.39, 0.29) is 127 Å². The van der Waals surface area contributed by atoms with Crippen LogP contribution in [0.3, 0.4) is 0 Å². The third-order valence-electron chi connectivity index (χ3n) is 21.9. The van der Waals surface area contributed by atoms with Crippen molar-refractivity contribution >= 4 is 137 Å². The largest absolute Gasteiger partial charge is 1.00 e. The van der Waals surface area contributed by atoms with Crippen molar-refractivity contribution in [2.24, 2.45) is 20.5 Å². The van der Waals surface area contributed by atoms with Crippen LogP contribution in [0.25, 0.3) is 43.2 Å². The molecule has 14 rings (SSSR count). The molecule has 0 saturated carbocycles. The second-order valence-corrected chi connectivity index (χ2v) is 36.7. The molecule has 136 heavy (non-hydrogen) atoms. The molecule has 12 aromatic rings. The maximum atomic E-state index is 13.1. The van der Waals surface area contributed by atoms with Crippen molar-refractivity contribution in [3.8, 4) is 35.4 Å². The fourth-order valence-electron chi connectivity index (χ4n) is 14.7. The van der Waals surface area contributed by atoms with Gasteiger partial charge >= 0.3 is 34.1 Å². The van der Waals surface area contributed by atoms with E-state index in [1.54, 1.807) is 41.3 Å². The van der Waals surface area contributed by atoms with Crippen LogP contribution >= 0.6 is 46.2 Å². The monoisotopic (exact) mass is 2120 g/mol. The molecule has 2 aliphatic rings. The van der Waals surface area contributed by atoms with Crippen molar-refractivity contribution in [3.63, 3.8) is 0 Å². The SMILES string of the molecule is CCN1C(=Cc2sc3ccccc3[n+]2CC)Sc2ccccc21.CCN1C(=Cc2sc3ccccc3[n+]2CC)Sc2ccccc21.CCOc1ccc(C(C)(C)C)cc1C[N-]C(=O)c1ccccc1N=Nc1c(C)c(C#N)c(=O)n(CC(=O)[O-])c1O.CCOc1ccc(C(C)(C)C)cc1C[N-]C(=O)c1ccccc1N=Nc1c(C)c(C#N)c(=O)n(CC(=O)[O-])c1O.CC[NH+](CC)CC.[Cu+].[Cu+].[I-]. The number of amides is 2. The predicted octanol–water partition coefficient (Wildman–Crippen LogP) is 15.8. The molecular formula is C102H112Cu2IN15O12S4. The maximum Gasteiger partial charge on any atom is 1.00 e. The number of thiazole rings is 2. The summed E-state index contributed by atoms with van der Waals surface area (Å²) in [7, 11) is 0. The average Bonchev–Trinajstić information content (AvgIpc) is 1.40. The van der Waals surface area contributed by atoms with Crippen molar-refractivity contribution in [1.29, 1.82) is 10.5 Å². The molecule has 3 N–H and O–H groups in total. The summed E-state index contributed by atoms with van der Waals surface area (Å²) in [6.07, 6.45) is 4.70. The number of azo groups is 2. The number of nitrogens with one attached hydrogen (secondary N) is 1. The number of pyridine rings is 2. The maximum absolute atomic E-state index is 13.1. The van der Waals surface area contributed by atoms with Gasteiger partial charge in [-0.25, -0.2) is 0 Å². The molecule has 720 valence electrons. The number of benzene rings is 8. The van der Waals surface area contributed by atoms with E-state index in [1.165, 1.54) is 119 Å². The van der Waals surface area contributed by atoms with E-state index in [2.05, 4.69) is 249 Å². The van der Waals surface area contributed by atoms with E-state index in [4.69, 9.17) is 9.47 Å². The van der Waals surface area contributed by atoms with Gasteiger partial charge in [0.2, 0.25) is 22.8 Å². The molecule has 6 heterocycles. The number of hydrogen-bond acceptors (Lipinski definition) is 24. The van der Waals surface area contributed by atoms with E-state index >= 15 is 0 Å². The van der Waals surface area contributed by atoms with Gasteiger partial charge in [0.05, 0.1) is 115 Å². The van der Waals surface area contributed by atoms with Crippen LogP contribution in [-0.2, 0) is 93.8 Å². The molecule has 0 saturated heterocycles. The zero-order valence-corrected chi connectivity index (χ0v) is 86.3. The number of hydrogen-bond donors (Lipinski definition) is 3. The number of halogens is 1. The first-order chi connectivity index (χ1) is 63.7. The summed E-state index contributed by atoms with van der Waals surface area (Å²) in [5.74, 6) is -4.78. The fourth-order valence-corrected chi connectivity index (χ4v) is 19.5. The van der Waals surface area contributed by atoms with Crippen LogP contribution in [0.15, 0.2) is 232 Å². The number of carboxylic acid groups (broad SMARTS) is 2. The van der Waals surface area contributed by atoms with Crippen LogP contribution in [-0.4, -0.2) is 89.0 Å². The van der Waals surface area contributed by atoms with Gasteiger partial charge in [0.1, 0.15) is 57.3 Å². The summed E-state index contributed by atoms with van der Waals surface area (Å²) >= 11 is 7.49. The van der Waals surface area contributed by atoms with E-state index < -0.39 is 70.8 Å². The fraction of sp³-hybridized carbons (Fsp3) is 0.314. The molecule has 0 unspecified atom stereocenters. The summed E-state index contributed by atoms with van der Waals surface area (Å²) < 4.78 is 19.9. The molecule has 0 atom stereocenters. The number of carbonyl (C=O) groups is 4. The van der Waals surface area contributed by atoms with Crippen LogP contribution in [0.4, 0.5) is 34.1 Å². The van der Waals surface area contributed by atoms with Gasteiger partial charge in [0.25, 0.3) is 21.1 Å². The van der Waals surface area contributed by atoms with Crippen LogP contribution in [0.5, 0.6) is 23.3 Å². The van der Waals surface area contributed by atoms with Gasteiger partial charge in [-0.05, 0) is 170 Å². The van der Waals surface area contributed by atoms with Gasteiger partial charge in [-0.2, -0.15) is 19.7 Å². The number of nitrogens with zero attached hydrogens (tertiary/aromatic N) is 14. The number of anilines is 2. The Balaban J connectivity index is 0.000000245. The number of aliphatic carboxylic acids is 2. The topological polar surface area (TPSA) is 361 Å². The van der Waals surface area contributed by atoms with Crippen molar-refractivity contribution < 1.29 is 121 Å². The van der Waals surface area contributed by atoms with Crippen LogP contribution in [0, 0.1) is 36.5 Å². The number of ether oxygens (including phenoxy) is 2. The predicted molar refractivity (Wildman–Crippen MR) is 525 cm³/mol. The molecule has 4 aromatic heterocycles. The minimum atomic E-state index is -1.65. The first kappa shape index (κ1) is 111. The second kappa shape index (κ2) is 51.9. The number of carbonyl (C=O) groups excluding carboxylic acids is 4. The first-order valence-electron chi connectivity index (χ1n) is 44.0. The third kappa shape index (κ3) is 27.4. The molecule has 2 aliphatic heterocycles. The molecule has 27 nitrogen and oxygen atoms in total. The molecular weight excluding hydrogens is 2010 g/mol. The molecule has 0 fully saturated rings. The number of thioether (sulfide) groups is 2. The summed E-state index contributed by atoms with van der Waals surface area (Å²) in [6, 6.07) is 62.2. The molecule has 0 aliphatic carbocycles. The van der Waals surface area contributed by atoms with Gasteiger partial charge in [-0.15, -0.1) is 20.5 Å². The number of fused-ring (bicyclic) bond motifs is 4. The second-order valence-electron chi connectivity index (χ2n) is 32.5. The Morgan fingerprint density at radius 3 is 1.17 bits per heavy atom. The zero-order valence-electron chi connectivity index (χ0n) is 79.0. The Kier molecular flexibility index (Phi) is 42.5. The van der Waals surface area contributed by atoms with Gasteiger partial charge in [-0.3, -0.25) is 18.7 Å². The smallest absolute Gasteiger partial charge is 1.00 e. The Bertz CT molecular complexity index is 6230. The van der Waals surface area contributed by atoms with E-state index in [0.717, 1.165) is 48.4 Å². The number of aryl methyl sites for hydroxylation is 2. The van der Waals surface area contributed by atoms with Crippen LogP contribution in [0.1, 0.15) is 179 Å². The van der Waals surface area contributed by atoms with Crippen molar-refractivity contribution in [1.82, 2.24) is 9.13 Å². The minimum Gasteiger partial charge on any atom is -1.00 e. The van der Waals surface area contributed by atoms with E-state index in [0.29, 0.717) is 33.8 Å². The van der Waals surface area contributed by atoms with E-state index in [1.807, 2.05) is 96.4 Å². The van der Waals surface area contributed by atoms with Crippen LogP contribution in [0.2, 0.25) is 0 Å². The normalized spacial score (nSPS) is 12.4. The Morgan fingerprint density at radius 2 is 0.846 bits per heavy atom. The van der Waals surface area contributed by atoms with Crippen molar-refractivity contribution in [2.45, 2.75) is 178 Å². The number of quaternary nitrogens is 1. The minimum absolute atomic E-state index is 0. The van der Waals surface area contributed by atoms with Gasteiger partial charge in [0.15, 0.2) is 11.4 Å². The van der Waals surface area contributed by atoms with Gasteiger partial charge < -0.3 is 98.4 Å². The number of aromatic nitrogens is 4. The molecule has 0 radical (unpaired) electrons. The van der Waals surface area contributed by atoms with E-state index in [9.17, 15) is 59.7 Å². The average molecular weight is 2120 g/mol. The Morgan fingerprint density at radius 1 is 0.500 bits per heavy atom. The summed E-state index contributed by atoms with van der Waals surface area (Å²) in [5.41, 5.74) is 5.77. The standard InChI is InChI=1S/2C29H31N5O6.2C19H19N2S2.C6H15N.2Cu.HI/c2*1-6-40-23-12-11-19(29(3,4)5)13-18(23)15-31-26(37)20-9-7-8-10-22(20)32-33-25-17(2)21(14-30)27(38)34(28(25)39)16-24(35)36;2*1-3-20-14-9-5-7-11-16(14)22-18(20)13-19-21(4-2)15-10-6-8-12-17(15)23-19;1-4-7(5-2)6-3;;;/h2*7-13H,6,15-16H2,1-5H3,(H3,31,32,35,36,37,38,39);2*5-13H,3-4H2,1-2H3;4-6H2,1-3H3;;;1H/q;;2*+1;;2*+1;/p-4. The quantitative estimate of drug-likeness (QED) is 0.0186. The number of nitriles is 2. The van der Waals surface area contributed by atoms with Crippen molar-refractivity contribution in [3.05, 3.63) is 289 Å².